The van der Waals surface area contributed by atoms with Crippen LogP contribution < -0.4 is 15.0 Å². The van der Waals surface area contributed by atoms with Crippen molar-refractivity contribution in [3.05, 3.63) is 66.2 Å². The predicted octanol–water partition coefficient (Wildman–Crippen LogP) is 3.38. The highest BCUT2D eigenvalue weighted by atomic mass is 16.6. The first kappa shape index (κ1) is 23.8. The number of aliphatic carboxylic acids is 2. The maximum Gasteiger partial charge on any atom is 0.417 e. The zero-order chi connectivity index (χ0) is 24.2. The van der Waals surface area contributed by atoms with Gasteiger partial charge in [0.25, 0.3) is 0 Å². The molecule has 0 unspecified atom stereocenters. The van der Waals surface area contributed by atoms with E-state index in [-0.39, 0.29) is 5.41 Å². The molecule has 174 valence electrons. The number of likely N-dealkylation sites (tertiary alicyclic amines) is 1. The number of carbonyl (C=O) groups is 3. The fourth-order valence-corrected chi connectivity index (χ4v) is 4.54. The van der Waals surface area contributed by atoms with E-state index in [1.165, 1.54) is 11.3 Å². The van der Waals surface area contributed by atoms with E-state index < -0.39 is 18.0 Å². The van der Waals surface area contributed by atoms with Crippen molar-refractivity contribution >= 4 is 29.4 Å². The van der Waals surface area contributed by atoms with Gasteiger partial charge in [0.2, 0.25) is 0 Å². The molecule has 3 N–H and O–H groups in total. The molecule has 2 aromatic rings. The molecule has 0 bridgehead atoms. The number of ether oxygens (including phenoxy) is 1. The molecule has 1 saturated heterocycles. The molecule has 2 aliphatic heterocycles. The van der Waals surface area contributed by atoms with E-state index in [0.717, 1.165) is 18.7 Å². The van der Waals surface area contributed by atoms with Crippen LogP contribution in [-0.4, -0.2) is 60.0 Å². The summed E-state index contributed by atoms with van der Waals surface area (Å²) in [7, 11) is 4.30. The van der Waals surface area contributed by atoms with Gasteiger partial charge in [-0.05, 0) is 43.3 Å². The van der Waals surface area contributed by atoms with Gasteiger partial charge in [-0.2, -0.15) is 0 Å². The minimum absolute atomic E-state index is 0.141. The van der Waals surface area contributed by atoms with Gasteiger partial charge in [0, 0.05) is 42.5 Å². The first-order valence-electron chi connectivity index (χ1n) is 10.4. The van der Waals surface area contributed by atoms with Crippen LogP contribution in [0.25, 0.3) is 0 Å². The van der Waals surface area contributed by atoms with E-state index in [1.807, 2.05) is 30.3 Å². The van der Waals surface area contributed by atoms with Crippen molar-refractivity contribution in [3.63, 3.8) is 0 Å². The summed E-state index contributed by atoms with van der Waals surface area (Å²) in [5.41, 5.74) is 3.42. The van der Waals surface area contributed by atoms with Crippen molar-refractivity contribution < 1.29 is 29.3 Å². The van der Waals surface area contributed by atoms with Crippen molar-refractivity contribution in [3.8, 4) is 5.75 Å². The van der Waals surface area contributed by atoms with E-state index >= 15 is 0 Å². The molecule has 2 heterocycles. The standard InChI is InChI=1S/C20H23N3O2.C4H4O4/c1-20-11-12-22(2)18(20)23(3)17-13-14(9-10-16(17)20)21-19(24)25-15-7-5-4-6-8-15;5-3(6)1-2-4(7)8/h4-10,13,18H,11-12H2,1-3H3,(H,21,24);1-2H,(H,5,6)(H,7,8)/b;2-1+/t18-,20+;/m0./s1. The Balaban J connectivity index is 0.000000331. The monoisotopic (exact) mass is 453 g/mol. The lowest BCUT2D eigenvalue weighted by atomic mass is 9.81. The molecule has 2 aliphatic rings. The highest BCUT2D eigenvalue weighted by Crippen LogP contribution is 2.51. The van der Waals surface area contributed by atoms with E-state index in [9.17, 15) is 14.4 Å². The maximum atomic E-state index is 12.1. The van der Waals surface area contributed by atoms with Gasteiger partial charge in [0.1, 0.15) is 5.75 Å². The summed E-state index contributed by atoms with van der Waals surface area (Å²) in [6.07, 6.45) is 2.16. The fourth-order valence-electron chi connectivity index (χ4n) is 4.54. The van der Waals surface area contributed by atoms with Gasteiger partial charge in [-0.25, -0.2) is 14.4 Å². The van der Waals surface area contributed by atoms with Crippen LogP contribution in [0, 0.1) is 0 Å². The van der Waals surface area contributed by atoms with Crippen LogP contribution in [-0.2, 0) is 15.0 Å². The first-order chi connectivity index (χ1) is 15.6. The molecule has 0 spiro atoms. The van der Waals surface area contributed by atoms with Crippen molar-refractivity contribution in [1.29, 1.82) is 0 Å². The molecule has 0 radical (unpaired) electrons. The van der Waals surface area contributed by atoms with Gasteiger partial charge in [-0.3, -0.25) is 10.2 Å². The molecule has 4 rings (SSSR count). The van der Waals surface area contributed by atoms with Crippen LogP contribution >= 0.6 is 0 Å². The smallest absolute Gasteiger partial charge is 0.417 e. The molecule has 2 aromatic carbocycles. The normalized spacial score (nSPS) is 21.1. The Labute approximate surface area is 191 Å². The second-order valence-electron chi connectivity index (χ2n) is 8.20. The number of likely N-dealkylation sites (N-methyl/N-ethyl adjacent to an activating group) is 2. The molecule has 9 heteroatoms. The molecule has 0 aromatic heterocycles. The summed E-state index contributed by atoms with van der Waals surface area (Å²) in [5.74, 6) is -1.98. The molecule has 2 atom stereocenters. The van der Waals surface area contributed by atoms with Gasteiger partial charge in [-0.15, -0.1) is 0 Å². The van der Waals surface area contributed by atoms with Crippen LogP contribution in [0.15, 0.2) is 60.7 Å². The number of anilines is 2. The van der Waals surface area contributed by atoms with Crippen LogP contribution in [0.5, 0.6) is 5.75 Å². The Morgan fingerprint density at radius 1 is 1.06 bits per heavy atom. The van der Waals surface area contributed by atoms with E-state index in [2.05, 4.69) is 42.2 Å². The second kappa shape index (κ2) is 9.74. The number of carbonyl (C=O) groups excluding carboxylic acids is 1. The summed E-state index contributed by atoms with van der Waals surface area (Å²) in [6, 6.07) is 15.2. The number of amides is 1. The first-order valence-corrected chi connectivity index (χ1v) is 10.4. The Morgan fingerprint density at radius 2 is 1.70 bits per heavy atom. The molecular formula is C24H27N3O6. The number of nitrogens with zero attached hydrogens (tertiary/aromatic N) is 2. The lowest BCUT2D eigenvalue weighted by Gasteiger charge is -2.32. The zero-order valence-electron chi connectivity index (χ0n) is 18.7. The Kier molecular flexibility index (Phi) is 7.03. The van der Waals surface area contributed by atoms with Gasteiger partial charge >= 0.3 is 18.0 Å². The van der Waals surface area contributed by atoms with Gasteiger partial charge in [0.05, 0.1) is 6.17 Å². The fraction of sp³-hybridized carbons (Fsp3) is 0.292. The number of rotatable bonds is 4. The molecule has 1 amide bonds. The van der Waals surface area contributed by atoms with Crippen molar-refractivity contribution in [2.45, 2.75) is 24.9 Å². The average molecular weight is 453 g/mol. The Morgan fingerprint density at radius 3 is 2.30 bits per heavy atom. The third kappa shape index (κ3) is 5.32. The van der Waals surface area contributed by atoms with Crippen molar-refractivity contribution in [2.24, 2.45) is 0 Å². The number of fused-ring (bicyclic) bond motifs is 3. The number of para-hydroxylation sites is 1. The Hall–Kier alpha value is -3.85. The summed E-state index contributed by atoms with van der Waals surface area (Å²) in [4.78, 5) is 35.9. The van der Waals surface area contributed by atoms with Gasteiger partial charge < -0.3 is 19.8 Å². The number of hydrogen-bond donors (Lipinski definition) is 3. The van der Waals surface area contributed by atoms with E-state index in [4.69, 9.17) is 14.9 Å². The van der Waals surface area contributed by atoms with Crippen LogP contribution in [0.3, 0.4) is 0 Å². The van der Waals surface area contributed by atoms with Crippen molar-refractivity contribution in [1.82, 2.24) is 4.90 Å². The SMILES string of the molecule is CN1CC[C@]2(C)c3ccc(NC(=O)Oc4ccccc4)cc3N(C)[C@H]12.O=C(O)/C=C/C(=O)O. The second-order valence-corrected chi connectivity index (χ2v) is 8.20. The summed E-state index contributed by atoms with van der Waals surface area (Å²) in [6.45, 7) is 3.44. The largest absolute Gasteiger partial charge is 0.478 e. The predicted molar refractivity (Wildman–Crippen MR) is 124 cm³/mol. The highest BCUT2D eigenvalue weighted by molar-refractivity contribution is 5.89. The van der Waals surface area contributed by atoms with Crippen LogP contribution in [0.4, 0.5) is 16.2 Å². The number of carboxylic acid groups (broad SMARTS) is 2. The minimum atomic E-state index is -1.26. The lowest BCUT2D eigenvalue weighted by Crippen LogP contribution is -2.45. The van der Waals surface area contributed by atoms with Gasteiger partial charge in [0.15, 0.2) is 0 Å². The summed E-state index contributed by atoms with van der Waals surface area (Å²) in [5, 5.41) is 18.5. The molecule has 9 nitrogen and oxygen atoms in total. The molecular weight excluding hydrogens is 426 g/mol. The zero-order valence-corrected chi connectivity index (χ0v) is 18.7. The Bertz CT molecular complexity index is 1060. The highest BCUT2D eigenvalue weighted by Gasteiger charge is 2.52. The third-order valence-corrected chi connectivity index (χ3v) is 5.90. The number of nitrogens with one attached hydrogen (secondary N) is 1. The molecule has 33 heavy (non-hydrogen) atoms. The summed E-state index contributed by atoms with van der Waals surface area (Å²) < 4.78 is 5.30. The molecule has 1 fully saturated rings. The van der Waals surface area contributed by atoms with Crippen LogP contribution in [0.2, 0.25) is 0 Å². The number of benzene rings is 2. The topological polar surface area (TPSA) is 119 Å². The van der Waals surface area contributed by atoms with Crippen molar-refractivity contribution in [2.75, 3.05) is 30.9 Å². The number of hydrogen-bond acceptors (Lipinski definition) is 6. The minimum Gasteiger partial charge on any atom is -0.478 e. The lowest BCUT2D eigenvalue weighted by molar-refractivity contribution is -0.134. The van der Waals surface area contributed by atoms with E-state index in [1.54, 1.807) is 12.1 Å². The summed E-state index contributed by atoms with van der Waals surface area (Å²) >= 11 is 0. The quantitative estimate of drug-likeness (QED) is 0.603. The average Bonchev–Trinajstić information content (AvgIpc) is 3.18. The molecule has 0 aliphatic carbocycles. The van der Waals surface area contributed by atoms with Crippen LogP contribution in [0.1, 0.15) is 18.9 Å². The van der Waals surface area contributed by atoms with E-state index in [0.29, 0.717) is 24.1 Å². The number of carboxylic acids is 2. The maximum absolute atomic E-state index is 12.1. The third-order valence-electron chi connectivity index (χ3n) is 5.90. The van der Waals surface area contributed by atoms with Gasteiger partial charge in [-0.1, -0.05) is 31.2 Å². The molecule has 0 saturated carbocycles.